The topological polar surface area (TPSA) is 61.8 Å². The molecule has 4 rings (SSSR count). The number of benzene rings is 2. The molecular formula is C27H24FeO5. The second-order valence-electron chi connectivity index (χ2n) is 6.80. The Hall–Kier alpha value is -3.60. The first-order valence-electron chi connectivity index (χ1n) is 10.2. The zero-order valence-corrected chi connectivity index (χ0v) is 19.2. The van der Waals surface area contributed by atoms with Gasteiger partial charge in [-0.1, -0.05) is 36.4 Å². The van der Waals surface area contributed by atoms with Crippen molar-refractivity contribution in [2.24, 2.45) is 0 Å². The molecule has 4 aromatic carbocycles. The molecule has 170 valence electrons. The van der Waals surface area contributed by atoms with Gasteiger partial charge in [0.15, 0.2) is 11.5 Å². The number of hydrogen-bond acceptors (Lipinski definition) is 5. The van der Waals surface area contributed by atoms with Gasteiger partial charge in [-0.15, -0.1) is 12.1 Å². The van der Waals surface area contributed by atoms with Crippen LogP contribution in [0.5, 0.6) is 17.2 Å². The predicted molar refractivity (Wildman–Crippen MR) is 122 cm³/mol. The molecule has 0 saturated heterocycles. The fraction of sp³-hybridized carbons (Fsp3) is 0.111. The van der Waals surface area contributed by atoms with E-state index < -0.39 is 5.97 Å². The molecule has 0 spiro atoms. The van der Waals surface area contributed by atoms with Crippen molar-refractivity contribution in [3.63, 3.8) is 0 Å². The van der Waals surface area contributed by atoms with Gasteiger partial charge in [-0.3, -0.25) is 4.79 Å². The molecule has 0 amide bonds. The second-order valence-corrected chi connectivity index (χ2v) is 6.80. The minimum absolute atomic E-state index is 0. The van der Waals surface area contributed by atoms with E-state index in [-0.39, 0.29) is 35.2 Å². The first-order valence-corrected chi connectivity index (χ1v) is 10.2. The zero-order chi connectivity index (χ0) is 22.6. The molecule has 0 N–H and O–H groups in total. The maximum atomic E-state index is 12.2. The average molecular weight is 484 g/mol. The molecule has 0 aliphatic rings. The largest absolute Gasteiger partial charge is 2.00 e. The number of carbonyl (C=O) groups is 2. The zero-order valence-electron chi connectivity index (χ0n) is 18.1. The monoisotopic (exact) mass is 484 g/mol. The summed E-state index contributed by atoms with van der Waals surface area (Å²) >= 11 is 0. The first-order chi connectivity index (χ1) is 15.7. The number of aryl methyl sites for hydroxylation is 1. The Morgan fingerprint density at radius 1 is 0.879 bits per heavy atom. The van der Waals surface area contributed by atoms with Crippen molar-refractivity contribution >= 4 is 11.9 Å². The Labute approximate surface area is 204 Å². The van der Waals surface area contributed by atoms with Gasteiger partial charge in [0.05, 0.1) is 7.11 Å². The molecule has 0 radical (unpaired) electrons. The number of hydrogen-bond donors (Lipinski definition) is 0. The van der Waals surface area contributed by atoms with Crippen LogP contribution in [0.2, 0.25) is 0 Å². The number of carbonyl (C=O) groups excluding carboxylic acids is 2. The third kappa shape index (κ3) is 8.45. The fourth-order valence-electron chi connectivity index (χ4n) is 2.85. The molecule has 0 aliphatic carbocycles. The van der Waals surface area contributed by atoms with Crippen molar-refractivity contribution in [1.29, 1.82) is 0 Å². The van der Waals surface area contributed by atoms with Crippen LogP contribution in [-0.2, 0) is 28.3 Å². The van der Waals surface area contributed by atoms with Crippen LogP contribution in [0.25, 0.3) is 0 Å². The first kappa shape index (κ1) is 25.7. The standard InChI is InChI=1S/C22H19O5.C5H5.Fe/c1-25-20-15-17(22(24)26-18-9-5-6-10-18)12-13-19(20)27-21(23)14-11-16-7-3-2-4-8-16;1-2-4-5-3-1;/h2-10,12-13,15H,11,14H2,1H3;1-5H;/q2*-1;+2. The summed E-state index contributed by atoms with van der Waals surface area (Å²) in [5.74, 6) is 0.140. The minimum atomic E-state index is -0.513. The summed E-state index contributed by atoms with van der Waals surface area (Å²) in [6.07, 6.45) is 0.833. The van der Waals surface area contributed by atoms with Crippen LogP contribution in [0.4, 0.5) is 0 Å². The van der Waals surface area contributed by atoms with Gasteiger partial charge in [-0.2, -0.15) is 30.3 Å². The molecule has 0 aromatic heterocycles. The number of rotatable bonds is 7. The molecule has 0 atom stereocenters. The van der Waals surface area contributed by atoms with Crippen molar-refractivity contribution in [2.75, 3.05) is 7.11 Å². The summed E-state index contributed by atoms with van der Waals surface area (Å²) in [7, 11) is 1.45. The SMILES string of the molecule is COc1cc(C(=O)O[c-]2cccc2)ccc1OC(=O)CCc1ccccc1.[Fe+2].c1cc[cH-]c1. The van der Waals surface area contributed by atoms with Crippen molar-refractivity contribution in [3.05, 3.63) is 114 Å². The third-order valence-electron chi connectivity index (χ3n) is 4.48. The smallest absolute Gasteiger partial charge is 0.514 e. The number of ether oxygens (including phenoxy) is 3. The van der Waals surface area contributed by atoms with E-state index in [1.165, 1.54) is 25.3 Å². The molecule has 5 nitrogen and oxygen atoms in total. The number of esters is 2. The average Bonchev–Trinajstić information content (AvgIpc) is 3.56. The molecule has 0 saturated carbocycles. The van der Waals surface area contributed by atoms with Gasteiger partial charge in [-0.05, 0) is 24.1 Å². The molecular weight excluding hydrogens is 460 g/mol. The maximum Gasteiger partial charge on any atom is 2.00 e. The van der Waals surface area contributed by atoms with Crippen molar-refractivity contribution in [2.45, 2.75) is 12.8 Å². The predicted octanol–water partition coefficient (Wildman–Crippen LogP) is 5.57. The van der Waals surface area contributed by atoms with E-state index in [1.54, 1.807) is 24.3 Å². The summed E-state index contributed by atoms with van der Waals surface area (Å²) in [4.78, 5) is 24.3. The molecule has 0 aliphatic heterocycles. The molecule has 4 aromatic rings. The Balaban J connectivity index is 0.000000568. The van der Waals surface area contributed by atoms with E-state index in [1.807, 2.05) is 60.7 Å². The van der Waals surface area contributed by atoms with Crippen LogP contribution in [-0.4, -0.2) is 19.0 Å². The summed E-state index contributed by atoms with van der Waals surface area (Å²) in [6.45, 7) is 0. The van der Waals surface area contributed by atoms with Crippen LogP contribution in [0.15, 0.2) is 103 Å². The Kier molecular flexibility index (Phi) is 10.7. The van der Waals surface area contributed by atoms with Gasteiger partial charge >= 0.3 is 23.0 Å². The molecule has 6 heteroatoms. The van der Waals surface area contributed by atoms with Crippen LogP contribution < -0.4 is 14.2 Å². The van der Waals surface area contributed by atoms with E-state index in [0.717, 1.165) is 5.56 Å². The van der Waals surface area contributed by atoms with Gasteiger partial charge < -0.3 is 19.0 Å². The van der Waals surface area contributed by atoms with Gasteiger partial charge in [0.2, 0.25) is 0 Å². The van der Waals surface area contributed by atoms with Gasteiger partial charge in [0.25, 0.3) is 5.97 Å². The van der Waals surface area contributed by atoms with Gasteiger partial charge in [0, 0.05) is 17.7 Å². The minimum Gasteiger partial charge on any atom is -0.514 e. The Morgan fingerprint density at radius 3 is 2.18 bits per heavy atom. The second kappa shape index (κ2) is 13.7. The van der Waals surface area contributed by atoms with E-state index in [0.29, 0.717) is 23.5 Å². The van der Waals surface area contributed by atoms with Crippen molar-refractivity contribution in [3.8, 4) is 17.2 Å². The van der Waals surface area contributed by atoms with Gasteiger partial charge in [-0.25, -0.2) is 12.1 Å². The third-order valence-corrected chi connectivity index (χ3v) is 4.48. The summed E-state index contributed by atoms with van der Waals surface area (Å²) in [5.41, 5.74) is 1.36. The van der Waals surface area contributed by atoms with E-state index in [4.69, 9.17) is 14.2 Å². The quantitative estimate of drug-likeness (QED) is 0.149. The normalized spacial score (nSPS) is 9.61. The maximum absolute atomic E-state index is 12.2. The van der Waals surface area contributed by atoms with Gasteiger partial charge in [0.1, 0.15) is 0 Å². The Bertz CT molecular complexity index is 1070. The summed E-state index contributed by atoms with van der Waals surface area (Å²) in [6, 6.07) is 31.2. The Morgan fingerprint density at radius 2 is 1.58 bits per heavy atom. The molecule has 33 heavy (non-hydrogen) atoms. The number of methoxy groups -OCH3 is 1. The molecule has 0 bridgehead atoms. The fourth-order valence-corrected chi connectivity index (χ4v) is 2.85. The van der Waals surface area contributed by atoms with Crippen LogP contribution in [0, 0.1) is 0 Å². The summed E-state index contributed by atoms with van der Waals surface area (Å²) in [5, 5.41) is 0. The summed E-state index contributed by atoms with van der Waals surface area (Å²) < 4.78 is 15.9. The van der Waals surface area contributed by atoms with Crippen molar-refractivity contribution in [1.82, 2.24) is 0 Å². The van der Waals surface area contributed by atoms with Crippen LogP contribution >= 0.6 is 0 Å². The molecule has 0 fully saturated rings. The van der Waals surface area contributed by atoms with Crippen LogP contribution in [0.1, 0.15) is 22.3 Å². The van der Waals surface area contributed by atoms with E-state index >= 15 is 0 Å². The van der Waals surface area contributed by atoms with Crippen LogP contribution in [0.3, 0.4) is 0 Å². The van der Waals surface area contributed by atoms with E-state index in [9.17, 15) is 9.59 Å². The molecule has 0 heterocycles. The molecule has 0 unspecified atom stereocenters. The van der Waals surface area contributed by atoms with Crippen molar-refractivity contribution < 1.29 is 40.9 Å². The van der Waals surface area contributed by atoms with E-state index in [2.05, 4.69) is 0 Å².